The Morgan fingerprint density at radius 1 is 1.24 bits per heavy atom. The molecule has 4 heteroatoms. The van der Waals surface area contributed by atoms with Crippen LogP contribution in [0.1, 0.15) is 24.6 Å². The molecule has 0 amide bonds. The number of hydrogen-bond acceptors (Lipinski definition) is 4. The minimum atomic E-state index is 0.553. The molecule has 0 saturated heterocycles. The highest BCUT2D eigenvalue weighted by atomic mass is 16.5. The molecule has 0 bridgehead atoms. The monoisotopic (exact) mass is 238 g/mol. The highest BCUT2D eigenvalue weighted by molar-refractivity contribution is 5.24. The first-order valence-corrected chi connectivity index (χ1v) is 6.09. The fourth-order valence-electron chi connectivity index (χ4n) is 1.48. The van der Waals surface area contributed by atoms with Gasteiger partial charge in [0.2, 0.25) is 5.88 Å². The van der Waals surface area contributed by atoms with Crippen LogP contribution in [-0.4, -0.2) is 31.9 Å². The fourth-order valence-corrected chi connectivity index (χ4v) is 1.48. The summed E-state index contributed by atoms with van der Waals surface area (Å²) in [6.45, 7) is 6.87. The number of ether oxygens (including phenoxy) is 2. The Balaban J connectivity index is 2.36. The number of nitrogens with one attached hydrogen (secondary N) is 1. The standard InChI is InChI=1S/C13H22N2O2/c1-4-7-16-8-9-17-13-6-5-12(10-14-3)11(2)15-13/h5-6,14H,4,7-10H2,1-3H3. The topological polar surface area (TPSA) is 43.4 Å². The molecule has 1 N–H and O–H groups in total. The Morgan fingerprint density at radius 3 is 2.71 bits per heavy atom. The minimum absolute atomic E-state index is 0.553. The molecule has 0 aliphatic rings. The van der Waals surface area contributed by atoms with Crippen molar-refractivity contribution in [1.82, 2.24) is 10.3 Å². The van der Waals surface area contributed by atoms with Crippen LogP contribution >= 0.6 is 0 Å². The highest BCUT2D eigenvalue weighted by Crippen LogP contribution is 2.12. The van der Waals surface area contributed by atoms with Crippen LogP contribution in [0.15, 0.2) is 12.1 Å². The van der Waals surface area contributed by atoms with Crippen molar-refractivity contribution < 1.29 is 9.47 Å². The van der Waals surface area contributed by atoms with Crippen molar-refractivity contribution in [1.29, 1.82) is 0 Å². The molecule has 0 aromatic carbocycles. The predicted octanol–water partition coefficient (Wildman–Crippen LogP) is 1.91. The first-order chi connectivity index (χ1) is 8.27. The van der Waals surface area contributed by atoms with E-state index in [1.54, 1.807) is 0 Å². The Morgan fingerprint density at radius 2 is 2.06 bits per heavy atom. The van der Waals surface area contributed by atoms with Crippen molar-refractivity contribution >= 4 is 0 Å². The molecule has 17 heavy (non-hydrogen) atoms. The van der Waals surface area contributed by atoms with Crippen LogP contribution in [0.25, 0.3) is 0 Å². The fraction of sp³-hybridized carbons (Fsp3) is 0.615. The summed E-state index contributed by atoms with van der Waals surface area (Å²) < 4.78 is 10.8. The first-order valence-electron chi connectivity index (χ1n) is 6.09. The number of hydrogen-bond donors (Lipinski definition) is 1. The van der Waals surface area contributed by atoms with Crippen LogP contribution in [0, 0.1) is 6.92 Å². The van der Waals surface area contributed by atoms with Crippen molar-refractivity contribution in [3.8, 4) is 5.88 Å². The molecule has 4 nitrogen and oxygen atoms in total. The summed E-state index contributed by atoms with van der Waals surface area (Å²) in [4.78, 5) is 4.39. The second-order valence-corrected chi connectivity index (χ2v) is 3.89. The molecule has 0 aliphatic carbocycles. The molecule has 1 aromatic heterocycles. The van der Waals surface area contributed by atoms with Gasteiger partial charge >= 0.3 is 0 Å². The molecular formula is C13H22N2O2. The van der Waals surface area contributed by atoms with Crippen LogP contribution in [0.2, 0.25) is 0 Å². The first kappa shape index (κ1) is 13.9. The summed E-state index contributed by atoms with van der Waals surface area (Å²) in [6.07, 6.45) is 1.04. The second-order valence-electron chi connectivity index (χ2n) is 3.89. The Kier molecular flexibility index (Phi) is 6.58. The van der Waals surface area contributed by atoms with Gasteiger partial charge in [-0.1, -0.05) is 13.0 Å². The molecule has 0 unspecified atom stereocenters. The summed E-state index contributed by atoms with van der Waals surface area (Å²) >= 11 is 0. The van der Waals surface area contributed by atoms with Crippen LogP contribution in [0.4, 0.5) is 0 Å². The van der Waals surface area contributed by atoms with Crippen LogP contribution < -0.4 is 10.1 Å². The number of aromatic nitrogens is 1. The third-order valence-electron chi connectivity index (χ3n) is 2.36. The van der Waals surface area contributed by atoms with E-state index in [9.17, 15) is 0 Å². The van der Waals surface area contributed by atoms with E-state index >= 15 is 0 Å². The molecule has 0 aliphatic heterocycles. The largest absolute Gasteiger partial charge is 0.475 e. The van der Waals surface area contributed by atoms with E-state index in [1.807, 2.05) is 26.1 Å². The molecule has 0 spiro atoms. The van der Waals surface area contributed by atoms with Gasteiger partial charge in [0.05, 0.1) is 6.61 Å². The van der Waals surface area contributed by atoms with Gasteiger partial charge in [0.15, 0.2) is 0 Å². The van der Waals surface area contributed by atoms with Gasteiger partial charge in [-0.3, -0.25) is 0 Å². The average Bonchev–Trinajstić information content (AvgIpc) is 2.32. The zero-order valence-electron chi connectivity index (χ0n) is 11.0. The van der Waals surface area contributed by atoms with Gasteiger partial charge in [0, 0.05) is 24.9 Å². The highest BCUT2D eigenvalue weighted by Gasteiger charge is 2.01. The van der Waals surface area contributed by atoms with Gasteiger partial charge in [-0.25, -0.2) is 4.98 Å². The van der Waals surface area contributed by atoms with Crippen molar-refractivity contribution in [3.63, 3.8) is 0 Å². The number of rotatable bonds is 8. The van der Waals surface area contributed by atoms with Crippen molar-refractivity contribution in [2.75, 3.05) is 26.9 Å². The molecular weight excluding hydrogens is 216 g/mol. The second kappa shape index (κ2) is 8.03. The smallest absolute Gasteiger partial charge is 0.213 e. The lowest BCUT2D eigenvalue weighted by Gasteiger charge is -2.09. The van der Waals surface area contributed by atoms with E-state index < -0.39 is 0 Å². The Bertz CT molecular complexity index is 329. The maximum absolute atomic E-state index is 5.51. The maximum atomic E-state index is 5.51. The minimum Gasteiger partial charge on any atom is -0.475 e. The average molecular weight is 238 g/mol. The van der Waals surface area contributed by atoms with E-state index in [0.29, 0.717) is 19.1 Å². The van der Waals surface area contributed by atoms with Crippen molar-refractivity contribution in [3.05, 3.63) is 23.4 Å². The van der Waals surface area contributed by atoms with Gasteiger partial charge < -0.3 is 14.8 Å². The van der Waals surface area contributed by atoms with E-state index in [0.717, 1.165) is 25.3 Å². The zero-order valence-corrected chi connectivity index (χ0v) is 11.0. The normalized spacial score (nSPS) is 10.5. The van der Waals surface area contributed by atoms with E-state index in [4.69, 9.17) is 9.47 Å². The quantitative estimate of drug-likeness (QED) is 0.703. The molecule has 0 atom stereocenters. The zero-order chi connectivity index (χ0) is 12.5. The van der Waals surface area contributed by atoms with E-state index in [-0.39, 0.29) is 0 Å². The van der Waals surface area contributed by atoms with Crippen LogP contribution in [0.5, 0.6) is 5.88 Å². The van der Waals surface area contributed by atoms with E-state index in [1.165, 1.54) is 5.56 Å². The lowest BCUT2D eigenvalue weighted by atomic mass is 10.2. The molecule has 1 heterocycles. The van der Waals surface area contributed by atoms with Crippen molar-refractivity contribution in [2.45, 2.75) is 26.8 Å². The summed E-state index contributed by atoms with van der Waals surface area (Å²) in [6, 6.07) is 3.95. The SMILES string of the molecule is CCCOCCOc1ccc(CNC)c(C)n1. The lowest BCUT2D eigenvalue weighted by Crippen LogP contribution is -2.10. The van der Waals surface area contributed by atoms with Gasteiger partial charge in [0.1, 0.15) is 6.61 Å². The van der Waals surface area contributed by atoms with Gasteiger partial charge in [-0.05, 0) is 26.0 Å². The van der Waals surface area contributed by atoms with E-state index in [2.05, 4.69) is 17.2 Å². The maximum Gasteiger partial charge on any atom is 0.213 e. The Hall–Kier alpha value is -1.13. The molecule has 1 rings (SSSR count). The van der Waals surface area contributed by atoms with Crippen LogP contribution in [0.3, 0.4) is 0 Å². The van der Waals surface area contributed by atoms with Crippen LogP contribution in [-0.2, 0) is 11.3 Å². The summed E-state index contributed by atoms with van der Waals surface area (Å²) in [5.74, 6) is 0.669. The van der Waals surface area contributed by atoms with Gasteiger partial charge in [-0.2, -0.15) is 0 Å². The molecule has 1 aromatic rings. The summed E-state index contributed by atoms with van der Waals surface area (Å²) in [5, 5.41) is 3.11. The molecule has 0 radical (unpaired) electrons. The molecule has 0 fully saturated rings. The summed E-state index contributed by atoms with van der Waals surface area (Å²) in [5.41, 5.74) is 2.20. The third-order valence-corrected chi connectivity index (χ3v) is 2.36. The predicted molar refractivity (Wildman–Crippen MR) is 68.3 cm³/mol. The lowest BCUT2D eigenvalue weighted by molar-refractivity contribution is 0.0989. The third kappa shape index (κ3) is 5.15. The van der Waals surface area contributed by atoms with Gasteiger partial charge in [-0.15, -0.1) is 0 Å². The van der Waals surface area contributed by atoms with Crippen molar-refractivity contribution in [2.24, 2.45) is 0 Å². The number of pyridine rings is 1. The molecule has 0 saturated carbocycles. The molecule has 96 valence electrons. The Labute approximate surface area is 103 Å². The summed E-state index contributed by atoms with van der Waals surface area (Å²) in [7, 11) is 1.93. The van der Waals surface area contributed by atoms with Gasteiger partial charge in [0.25, 0.3) is 0 Å². The number of nitrogens with zero attached hydrogens (tertiary/aromatic N) is 1. The number of aryl methyl sites for hydroxylation is 1.